The molecule has 7 heteroatoms. The molecule has 84 valence electrons. The lowest BCUT2D eigenvalue weighted by atomic mass is 10.3. The van der Waals surface area contributed by atoms with Crippen LogP contribution in [0.15, 0.2) is 23.9 Å². The summed E-state index contributed by atoms with van der Waals surface area (Å²) in [5, 5.41) is 16.0. The number of aromatic nitrogens is 5. The fourth-order valence-corrected chi connectivity index (χ4v) is 1.77. The number of hydrogen-bond donors (Lipinski definition) is 2. The third-order valence-corrected chi connectivity index (χ3v) is 2.77. The zero-order valence-electron chi connectivity index (χ0n) is 8.50. The smallest absolute Gasteiger partial charge is 0.187 e. The number of thioether (sulfide) groups is 1. The number of nitrogens with zero attached hydrogens (tertiary/aromatic N) is 4. The Morgan fingerprint density at radius 3 is 2.69 bits per heavy atom. The van der Waals surface area contributed by atoms with E-state index in [2.05, 4.69) is 25.1 Å². The van der Waals surface area contributed by atoms with Gasteiger partial charge in [0.15, 0.2) is 5.16 Å². The van der Waals surface area contributed by atoms with Gasteiger partial charge in [0, 0.05) is 19.0 Å². The minimum Gasteiger partial charge on any atom is -0.396 e. The second-order valence-electron chi connectivity index (χ2n) is 3.07. The minimum absolute atomic E-state index is 0.119. The molecule has 2 N–H and O–H groups in total. The highest BCUT2D eigenvalue weighted by Gasteiger charge is 2.01. The Balaban J connectivity index is 1.90. The van der Waals surface area contributed by atoms with Gasteiger partial charge in [-0.15, -0.1) is 0 Å². The van der Waals surface area contributed by atoms with Crippen LogP contribution in [-0.4, -0.2) is 36.9 Å². The molecule has 0 spiro atoms. The third kappa shape index (κ3) is 3.01. The highest BCUT2D eigenvalue weighted by atomic mass is 32.2. The predicted molar refractivity (Wildman–Crippen MR) is 58.8 cm³/mol. The van der Waals surface area contributed by atoms with Gasteiger partial charge in [-0.2, -0.15) is 5.10 Å². The maximum atomic E-state index is 8.74. The molecular weight excluding hydrogens is 226 g/mol. The van der Waals surface area contributed by atoms with E-state index in [1.165, 1.54) is 18.1 Å². The molecule has 0 unspecified atom stereocenters. The van der Waals surface area contributed by atoms with Crippen molar-refractivity contribution in [3.05, 3.63) is 30.1 Å². The summed E-state index contributed by atoms with van der Waals surface area (Å²) in [5.41, 5.74) is 0.937. The van der Waals surface area contributed by atoms with Gasteiger partial charge in [0.1, 0.15) is 12.2 Å². The zero-order valence-corrected chi connectivity index (χ0v) is 9.31. The molecule has 2 aromatic rings. The number of H-pyrrole nitrogens is 1. The van der Waals surface area contributed by atoms with E-state index in [1.54, 1.807) is 12.4 Å². The summed E-state index contributed by atoms with van der Waals surface area (Å²) >= 11 is 1.49. The number of aromatic amines is 1. The first-order valence-corrected chi connectivity index (χ1v) is 5.76. The van der Waals surface area contributed by atoms with Crippen LogP contribution in [0.25, 0.3) is 0 Å². The number of rotatable bonds is 5. The number of aliphatic hydroxyl groups is 1. The van der Waals surface area contributed by atoms with E-state index < -0.39 is 0 Å². The summed E-state index contributed by atoms with van der Waals surface area (Å²) in [6.07, 6.45) is 5.52. The molecule has 0 aliphatic heterocycles. The van der Waals surface area contributed by atoms with Gasteiger partial charge in [0.25, 0.3) is 0 Å². The molecule has 6 nitrogen and oxygen atoms in total. The highest BCUT2D eigenvalue weighted by Crippen LogP contribution is 2.15. The molecule has 0 saturated heterocycles. The Bertz CT molecular complexity index is 416. The van der Waals surface area contributed by atoms with Crippen LogP contribution >= 0.6 is 11.8 Å². The molecule has 0 bridgehead atoms. The van der Waals surface area contributed by atoms with Crippen LogP contribution in [0.3, 0.4) is 0 Å². The maximum Gasteiger partial charge on any atom is 0.187 e. The molecule has 0 saturated carbocycles. The van der Waals surface area contributed by atoms with Crippen LogP contribution in [0.5, 0.6) is 0 Å². The molecule has 0 aliphatic carbocycles. The average Bonchev–Trinajstić information content (AvgIpc) is 2.82. The molecule has 0 fully saturated rings. The zero-order chi connectivity index (χ0) is 11.2. The summed E-state index contributed by atoms with van der Waals surface area (Å²) in [4.78, 5) is 12.4. The topological polar surface area (TPSA) is 87.6 Å². The number of hydrogen-bond acceptors (Lipinski definition) is 6. The Morgan fingerprint density at radius 2 is 2.06 bits per heavy atom. The van der Waals surface area contributed by atoms with Crippen LogP contribution in [0.2, 0.25) is 0 Å². The van der Waals surface area contributed by atoms with Gasteiger partial charge in [-0.1, -0.05) is 11.8 Å². The Labute approximate surface area is 96.6 Å². The molecule has 0 amide bonds. The van der Waals surface area contributed by atoms with E-state index in [0.29, 0.717) is 17.3 Å². The largest absolute Gasteiger partial charge is 0.396 e. The second-order valence-corrected chi connectivity index (χ2v) is 4.01. The number of nitrogens with one attached hydrogen (secondary N) is 1. The van der Waals surface area contributed by atoms with Gasteiger partial charge in [0.2, 0.25) is 0 Å². The summed E-state index contributed by atoms with van der Waals surface area (Å²) in [5.74, 6) is 1.47. The van der Waals surface area contributed by atoms with Crippen molar-refractivity contribution in [2.24, 2.45) is 0 Å². The Morgan fingerprint density at radius 1 is 1.25 bits per heavy atom. The van der Waals surface area contributed by atoms with Gasteiger partial charge in [0.05, 0.1) is 5.75 Å². The molecule has 2 heterocycles. The first-order chi connectivity index (χ1) is 7.88. The molecule has 0 radical (unpaired) electrons. The molecule has 0 aromatic carbocycles. The summed E-state index contributed by atoms with van der Waals surface area (Å²) < 4.78 is 0. The standard InChI is InChI=1S/C9H11N5OS/c15-2-1-7-3-10-9(11-4-7)16-5-8-12-6-13-14-8/h3-4,6,15H,1-2,5H2,(H,12,13,14). The average molecular weight is 237 g/mol. The first kappa shape index (κ1) is 11.0. The molecular formula is C9H11N5OS. The van der Waals surface area contributed by atoms with Crippen molar-refractivity contribution in [3.63, 3.8) is 0 Å². The van der Waals surface area contributed by atoms with E-state index in [1.807, 2.05) is 0 Å². The van der Waals surface area contributed by atoms with Crippen molar-refractivity contribution in [2.45, 2.75) is 17.3 Å². The third-order valence-electron chi connectivity index (χ3n) is 1.89. The lowest BCUT2D eigenvalue weighted by molar-refractivity contribution is 0.299. The van der Waals surface area contributed by atoms with Gasteiger partial charge in [-0.25, -0.2) is 15.0 Å². The second kappa shape index (κ2) is 5.57. The molecule has 0 aliphatic rings. The van der Waals surface area contributed by atoms with Gasteiger partial charge in [-0.3, -0.25) is 5.10 Å². The van der Waals surface area contributed by atoms with Crippen molar-refractivity contribution >= 4 is 11.8 Å². The lowest BCUT2D eigenvalue weighted by Gasteiger charge is -1.99. The quantitative estimate of drug-likeness (QED) is 0.579. The normalized spacial score (nSPS) is 10.6. The van der Waals surface area contributed by atoms with Crippen LogP contribution in [-0.2, 0) is 12.2 Å². The van der Waals surface area contributed by atoms with E-state index in [9.17, 15) is 0 Å². The Kier molecular flexibility index (Phi) is 3.84. The molecule has 0 atom stereocenters. The van der Waals surface area contributed by atoms with Crippen molar-refractivity contribution in [1.29, 1.82) is 0 Å². The predicted octanol–water partition coefficient (Wildman–Crippen LogP) is 0.422. The van der Waals surface area contributed by atoms with Crippen molar-refractivity contribution in [2.75, 3.05) is 6.61 Å². The van der Waals surface area contributed by atoms with E-state index in [0.717, 1.165) is 11.4 Å². The van der Waals surface area contributed by atoms with Crippen LogP contribution in [0, 0.1) is 0 Å². The summed E-state index contributed by atoms with van der Waals surface area (Å²) in [6, 6.07) is 0. The van der Waals surface area contributed by atoms with E-state index in [4.69, 9.17) is 5.11 Å². The van der Waals surface area contributed by atoms with Gasteiger partial charge >= 0.3 is 0 Å². The fraction of sp³-hybridized carbons (Fsp3) is 0.333. The highest BCUT2D eigenvalue weighted by molar-refractivity contribution is 7.98. The van der Waals surface area contributed by atoms with E-state index in [-0.39, 0.29) is 6.61 Å². The Hall–Kier alpha value is -1.47. The first-order valence-electron chi connectivity index (χ1n) is 4.77. The van der Waals surface area contributed by atoms with Crippen LogP contribution < -0.4 is 0 Å². The minimum atomic E-state index is 0.119. The van der Waals surface area contributed by atoms with Crippen molar-refractivity contribution < 1.29 is 5.11 Å². The van der Waals surface area contributed by atoms with Crippen LogP contribution in [0.4, 0.5) is 0 Å². The fourth-order valence-electron chi connectivity index (χ4n) is 1.11. The van der Waals surface area contributed by atoms with Crippen LogP contribution in [0.1, 0.15) is 11.4 Å². The SMILES string of the molecule is OCCc1cnc(SCc2ncn[nH]2)nc1. The maximum absolute atomic E-state index is 8.74. The number of aliphatic hydroxyl groups excluding tert-OH is 1. The van der Waals surface area contributed by atoms with Crippen molar-refractivity contribution in [3.8, 4) is 0 Å². The van der Waals surface area contributed by atoms with E-state index >= 15 is 0 Å². The summed E-state index contributed by atoms with van der Waals surface area (Å²) in [6.45, 7) is 0.119. The van der Waals surface area contributed by atoms with Crippen molar-refractivity contribution in [1.82, 2.24) is 25.1 Å². The summed E-state index contributed by atoms with van der Waals surface area (Å²) in [7, 11) is 0. The molecule has 2 aromatic heterocycles. The lowest BCUT2D eigenvalue weighted by Crippen LogP contribution is -1.95. The molecule has 2 rings (SSSR count). The van der Waals surface area contributed by atoms with Gasteiger partial charge in [-0.05, 0) is 12.0 Å². The molecule has 16 heavy (non-hydrogen) atoms. The van der Waals surface area contributed by atoms with Gasteiger partial charge < -0.3 is 5.11 Å². The monoisotopic (exact) mass is 237 g/mol.